The molecule has 3 heterocycles. The zero-order chi connectivity index (χ0) is 25.4. The summed E-state index contributed by atoms with van der Waals surface area (Å²) in [5, 5.41) is 6.20. The number of fused-ring (bicyclic) bond motifs is 5. The van der Waals surface area contributed by atoms with Crippen LogP contribution in [0.5, 0.6) is 17.2 Å². The number of benzene rings is 3. The first-order valence-corrected chi connectivity index (χ1v) is 13.4. The highest BCUT2D eigenvalue weighted by molar-refractivity contribution is 6.00. The van der Waals surface area contributed by atoms with Crippen molar-refractivity contribution in [1.29, 1.82) is 0 Å². The van der Waals surface area contributed by atoms with Crippen LogP contribution in [0, 0.1) is 6.92 Å². The van der Waals surface area contributed by atoms with Gasteiger partial charge in [-0.2, -0.15) is 4.57 Å². The van der Waals surface area contributed by atoms with Crippen molar-refractivity contribution in [3.05, 3.63) is 77.0 Å². The van der Waals surface area contributed by atoms with Gasteiger partial charge in [-0.1, -0.05) is 49.6 Å². The second kappa shape index (κ2) is 11.2. The molecule has 2 aliphatic rings. The van der Waals surface area contributed by atoms with Crippen molar-refractivity contribution < 1.29 is 35.8 Å². The third kappa shape index (κ3) is 4.82. The third-order valence-corrected chi connectivity index (χ3v) is 7.63. The molecule has 0 amide bonds. The number of nitrogens with zero attached hydrogens (tertiary/aromatic N) is 1. The maximum absolute atomic E-state index is 5.83. The van der Waals surface area contributed by atoms with E-state index in [-0.39, 0.29) is 17.0 Å². The Morgan fingerprint density at radius 3 is 2.63 bits per heavy atom. The van der Waals surface area contributed by atoms with Crippen molar-refractivity contribution >= 4 is 16.5 Å². The lowest BCUT2D eigenvalue weighted by Gasteiger charge is -2.22. The van der Waals surface area contributed by atoms with Crippen molar-refractivity contribution in [1.82, 2.24) is 0 Å². The summed E-state index contributed by atoms with van der Waals surface area (Å²) < 4.78 is 19.8. The van der Waals surface area contributed by atoms with Crippen LogP contribution in [0.15, 0.2) is 54.7 Å². The molecule has 0 aliphatic carbocycles. The Morgan fingerprint density at radius 2 is 1.84 bits per heavy atom. The number of rotatable bonds is 8. The van der Waals surface area contributed by atoms with E-state index in [4.69, 9.17) is 14.2 Å². The molecule has 4 aromatic rings. The van der Waals surface area contributed by atoms with Crippen molar-refractivity contribution in [2.75, 3.05) is 25.8 Å². The molecule has 0 radical (unpaired) electrons. The molecule has 5 nitrogen and oxygen atoms in total. The lowest BCUT2D eigenvalue weighted by atomic mass is 9.88. The highest BCUT2D eigenvalue weighted by Crippen LogP contribution is 2.43. The molecule has 0 bridgehead atoms. The Hall–Kier alpha value is -3.25. The Bertz CT molecular complexity index is 1480. The third-order valence-electron chi connectivity index (χ3n) is 7.63. The lowest BCUT2D eigenvalue weighted by Crippen LogP contribution is -3.00. The van der Waals surface area contributed by atoms with Gasteiger partial charge < -0.3 is 36.5 Å². The summed E-state index contributed by atoms with van der Waals surface area (Å²) in [7, 11) is 1.76. The van der Waals surface area contributed by atoms with Crippen molar-refractivity contribution in [3.63, 3.8) is 0 Å². The van der Waals surface area contributed by atoms with Gasteiger partial charge in [0.25, 0.3) is 0 Å². The fourth-order valence-electron chi connectivity index (χ4n) is 5.81. The predicted octanol–water partition coefficient (Wildman–Crippen LogP) is 3.59. The second-order valence-corrected chi connectivity index (χ2v) is 10.2. The van der Waals surface area contributed by atoms with Gasteiger partial charge in [-0.15, -0.1) is 0 Å². The molecule has 2 aliphatic heterocycles. The van der Waals surface area contributed by atoms with Gasteiger partial charge in [-0.3, -0.25) is 0 Å². The van der Waals surface area contributed by atoms with Crippen LogP contribution in [0.3, 0.4) is 0 Å². The molecule has 1 N–H and O–H groups in total. The van der Waals surface area contributed by atoms with E-state index in [1.807, 2.05) is 0 Å². The zero-order valence-corrected chi connectivity index (χ0v) is 24.0. The number of unbranched alkanes of at least 4 members (excludes halogenated alkanes) is 2. The van der Waals surface area contributed by atoms with Gasteiger partial charge in [-0.25, -0.2) is 0 Å². The summed E-state index contributed by atoms with van der Waals surface area (Å²) in [6.07, 6.45) is 7.70. The van der Waals surface area contributed by atoms with Gasteiger partial charge >= 0.3 is 0 Å². The maximum Gasteiger partial charge on any atom is 0.231 e. The smallest absolute Gasteiger partial charge is 0.231 e. The number of halogens is 1. The zero-order valence-electron chi connectivity index (χ0n) is 22.4. The number of hydrogen-bond acceptors (Lipinski definition) is 4. The average molecular weight is 576 g/mol. The minimum atomic E-state index is 0. The molecule has 0 unspecified atom stereocenters. The van der Waals surface area contributed by atoms with E-state index in [2.05, 4.69) is 78.5 Å². The molecule has 1 aromatic heterocycles. The summed E-state index contributed by atoms with van der Waals surface area (Å²) in [5.41, 5.74) is 8.86. The number of methoxy groups -OCH3 is 1. The Kier molecular flexibility index (Phi) is 7.80. The molecular weight excluding hydrogens is 540 g/mol. The van der Waals surface area contributed by atoms with E-state index >= 15 is 0 Å². The highest BCUT2D eigenvalue weighted by Gasteiger charge is 2.32. The molecule has 0 fully saturated rings. The van der Waals surface area contributed by atoms with E-state index in [0.717, 1.165) is 55.3 Å². The van der Waals surface area contributed by atoms with Crippen LogP contribution in [-0.2, 0) is 19.4 Å². The molecule has 6 rings (SSSR count). The molecule has 0 spiro atoms. The van der Waals surface area contributed by atoms with Gasteiger partial charge in [-0.05, 0) is 48.7 Å². The summed E-state index contributed by atoms with van der Waals surface area (Å²) in [5.74, 6) is 2.59. The number of hydrogen-bond donors (Lipinski definition) is 1. The number of nitrogens with one attached hydrogen (secondary N) is 1. The first-order chi connectivity index (χ1) is 18.2. The first-order valence-electron chi connectivity index (χ1n) is 13.4. The topological polar surface area (TPSA) is 43.6 Å². The minimum Gasteiger partial charge on any atom is -1.00 e. The average Bonchev–Trinajstić information content (AvgIpc) is 3.37. The van der Waals surface area contributed by atoms with Gasteiger partial charge in [0.2, 0.25) is 12.5 Å². The second-order valence-electron chi connectivity index (χ2n) is 10.2. The van der Waals surface area contributed by atoms with E-state index in [0.29, 0.717) is 6.79 Å². The lowest BCUT2D eigenvalue weighted by molar-refractivity contribution is -0.686. The Balaban J connectivity index is 0.00000294. The summed E-state index contributed by atoms with van der Waals surface area (Å²) in [4.78, 5) is 0. The number of ether oxygens (including phenoxy) is 3. The molecule has 3 aromatic carbocycles. The Labute approximate surface area is 235 Å². The van der Waals surface area contributed by atoms with Crippen molar-refractivity contribution in [3.8, 4) is 28.5 Å². The molecule has 0 atom stereocenters. The number of aryl methyl sites for hydroxylation is 3. The molecule has 38 heavy (non-hydrogen) atoms. The van der Waals surface area contributed by atoms with Gasteiger partial charge in [0.1, 0.15) is 5.75 Å². The molecule has 6 heteroatoms. The van der Waals surface area contributed by atoms with Crippen LogP contribution >= 0.6 is 0 Å². The number of pyridine rings is 1. The number of aromatic nitrogens is 1. The summed E-state index contributed by atoms with van der Waals surface area (Å²) in [6, 6.07) is 17.6. The molecular formula is C32H35BrN2O3. The largest absolute Gasteiger partial charge is 1.00 e. The van der Waals surface area contributed by atoms with Crippen LogP contribution in [0.2, 0.25) is 0 Å². The standard InChI is InChI=1S/C32H34N2O3.BrH/c1-4-5-6-13-33-31-27-19-34-14-12-23-17-29-30(37-20-36-29)18-25(23)32(34)26(24(27)10-11-28(31)35-3)16-22-9-7-8-21(2)15-22;/h7-11,15,17-19H,4-6,12-14,16,20H2,1-3H3;1H. The SMILES string of the molecule is CCCCCNc1c(OC)ccc2c(Cc3cccc(C)c3)c3[n+](cc12)CCc1cc2c(cc1-3)OCO2.[Br-]. The van der Waals surface area contributed by atoms with Gasteiger partial charge in [0.15, 0.2) is 24.2 Å². The van der Waals surface area contributed by atoms with Crippen LogP contribution in [0.4, 0.5) is 5.69 Å². The fraction of sp³-hybridized carbons (Fsp3) is 0.344. The van der Waals surface area contributed by atoms with Gasteiger partial charge in [0, 0.05) is 30.3 Å². The van der Waals surface area contributed by atoms with Crippen LogP contribution in [0.25, 0.3) is 22.0 Å². The highest BCUT2D eigenvalue weighted by atomic mass is 79.9. The monoisotopic (exact) mass is 574 g/mol. The van der Waals surface area contributed by atoms with E-state index in [9.17, 15) is 0 Å². The fourth-order valence-corrected chi connectivity index (χ4v) is 5.81. The predicted molar refractivity (Wildman–Crippen MR) is 148 cm³/mol. The number of anilines is 1. The van der Waals surface area contributed by atoms with Crippen molar-refractivity contribution in [2.45, 2.75) is 52.5 Å². The molecule has 0 saturated carbocycles. The van der Waals surface area contributed by atoms with E-state index in [1.54, 1.807) is 7.11 Å². The van der Waals surface area contributed by atoms with Crippen LogP contribution < -0.4 is 41.1 Å². The van der Waals surface area contributed by atoms with Crippen molar-refractivity contribution in [2.24, 2.45) is 0 Å². The summed E-state index contributed by atoms with van der Waals surface area (Å²) >= 11 is 0. The van der Waals surface area contributed by atoms with Crippen LogP contribution in [0.1, 0.15) is 48.4 Å². The maximum atomic E-state index is 5.83. The normalized spacial score (nSPS) is 13.0. The quantitative estimate of drug-likeness (QED) is 0.258. The first kappa shape index (κ1) is 26.4. The Morgan fingerprint density at radius 1 is 1.00 bits per heavy atom. The summed E-state index contributed by atoms with van der Waals surface area (Å²) in [6.45, 7) is 6.55. The van der Waals surface area contributed by atoms with Crippen LogP contribution in [-0.4, -0.2) is 20.4 Å². The van der Waals surface area contributed by atoms with Gasteiger partial charge in [0.05, 0.1) is 23.7 Å². The molecule has 198 valence electrons. The van der Waals surface area contributed by atoms with E-state index < -0.39 is 0 Å². The minimum absolute atomic E-state index is 0. The van der Waals surface area contributed by atoms with E-state index in [1.165, 1.54) is 57.1 Å². The molecule has 0 saturated heterocycles.